The van der Waals surface area contributed by atoms with Crippen molar-refractivity contribution >= 4 is 5.97 Å². The minimum atomic E-state index is -0.385. The maximum absolute atomic E-state index is 11.1. The van der Waals surface area contributed by atoms with Gasteiger partial charge in [-0.05, 0) is 93.3 Å². The molecule has 0 aliphatic heterocycles. The van der Waals surface area contributed by atoms with Crippen LogP contribution >= 0.6 is 0 Å². The molecular weight excluding hydrogens is 380 g/mol. The Hall–Kier alpha value is -3.13. The normalized spacial score (nSPS) is 12.3. The smallest absolute Gasteiger partial charge is 0.338 e. The minimum absolute atomic E-state index is 0.385. The number of hydrogen-bond donors (Lipinski definition) is 0. The first-order valence-corrected chi connectivity index (χ1v) is 10.9. The quantitative estimate of drug-likeness (QED) is 0.267. The second-order valence-corrected chi connectivity index (χ2v) is 8.47. The molecule has 0 radical (unpaired) electrons. The maximum Gasteiger partial charge on any atom is 0.338 e. The van der Waals surface area contributed by atoms with Gasteiger partial charge in [0.05, 0.1) is 0 Å². The first-order valence-electron chi connectivity index (χ1n) is 10.9. The lowest BCUT2D eigenvalue weighted by Gasteiger charge is -2.20. The largest absolute Gasteiger partial charge is 0.423 e. The van der Waals surface area contributed by atoms with Gasteiger partial charge in [0.1, 0.15) is 5.75 Å². The number of rotatable bonds is 2. The fraction of sp³-hybridized carbons (Fsp3) is 0.276. The Labute approximate surface area is 186 Å². The van der Waals surface area contributed by atoms with Gasteiger partial charge in [-0.3, -0.25) is 0 Å². The highest BCUT2D eigenvalue weighted by Crippen LogP contribution is 2.25. The van der Waals surface area contributed by atoms with E-state index >= 15 is 0 Å². The molecule has 5 rings (SSSR count). The molecule has 0 atom stereocenters. The van der Waals surface area contributed by atoms with Gasteiger partial charge >= 0.3 is 5.97 Å². The predicted octanol–water partition coefficient (Wildman–Crippen LogP) is 6.66. The van der Waals surface area contributed by atoms with Gasteiger partial charge < -0.3 is 4.74 Å². The van der Waals surface area contributed by atoms with Crippen molar-refractivity contribution in [3.8, 4) is 5.75 Å². The highest BCUT2D eigenvalue weighted by molar-refractivity contribution is 5.88. The Bertz CT molecular complexity index is 1060. The van der Waals surface area contributed by atoms with Crippen molar-refractivity contribution in [1.82, 2.24) is 0 Å². The molecule has 2 aliphatic rings. The van der Waals surface area contributed by atoms with Gasteiger partial charge in [0.25, 0.3) is 0 Å². The second kappa shape index (κ2) is 10.3. The first-order chi connectivity index (χ1) is 14.8. The van der Waals surface area contributed by atoms with E-state index in [1.54, 1.807) is 41.3 Å². The lowest BCUT2D eigenvalue weighted by atomic mass is 9.85. The van der Waals surface area contributed by atoms with E-state index in [2.05, 4.69) is 56.8 Å². The Morgan fingerprint density at radius 1 is 0.774 bits per heavy atom. The van der Waals surface area contributed by atoms with Crippen LogP contribution in [0.25, 0.3) is 0 Å². The van der Waals surface area contributed by atoms with Crippen LogP contribution in [0.2, 0.25) is 0 Å². The molecule has 0 bridgehead atoms. The summed E-state index contributed by atoms with van der Waals surface area (Å²) in [4.78, 5) is 11.1. The molecule has 160 valence electrons. The van der Waals surface area contributed by atoms with Gasteiger partial charge in [0.15, 0.2) is 0 Å². The molecule has 3 aromatic carbocycles. The lowest BCUT2D eigenvalue weighted by molar-refractivity contribution is -0.130. The molecule has 0 amide bonds. The molecule has 0 spiro atoms. The average molecular weight is 413 g/mol. The van der Waals surface area contributed by atoms with Crippen LogP contribution in [-0.4, -0.2) is 5.97 Å². The lowest BCUT2D eigenvalue weighted by Crippen LogP contribution is -2.09. The number of aryl methyl sites for hydroxylation is 6. The highest BCUT2D eigenvalue weighted by atomic mass is 16.5. The summed E-state index contributed by atoms with van der Waals surface area (Å²) in [7, 11) is 0. The standard InChI is InChI=1S/C11H12O2.2C9H10/c1-8(2)11(12)13-10-6-4-9(3)5-7-10;1-7-2-3-8-4-5-9(8)6-7;1-7-3-2-4-8-5-6-9(7)8/h4-7H,1H2,2-3H3;2-3,6H,4-5H2,1H3;2-4H,5-6H2,1H3. The number of ether oxygens (including phenoxy) is 1. The Morgan fingerprint density at radius 3 is 1.87 bits per heavy atom. The van der Waals surface area contributed by atoms with Crippen LogP contribution in [0, 0.1) is 20.8 Å². The first kappa shape index (κ1) is 22.6. The van der Waals surface area contributed by atoms with E-state index in [-0.39, 0.29) is 5.97 Å². The van der Waals surface area contributed by atoms with Gasteiger partial charge in [0.2, 0.25) is 0 Å². The van der Waals surface area contributed by atoms with E-state index in [4.69, 9.17) is 4.74 Å². The third-order valence-corrected chi connectivity index (χ3v) is 5.76. The third-order valence-electron chi connectivity index (χ3n) is 5.76. The van der Waals surface area contributed by atoms with Crippen LogP contribution in [0.15, 0.2) is 72.8 Å². The molecule has 2 heteroatoms. The minimum Gasteiger partial charge on any atom is -0.423 e. The fourth-order valence-electron chi connectivity index (χ4n) is 3.56. The zero-order valence-corrected chi connectivity index (χ0v) is 19.1. The Kier molecular flexibility index (Phi) is 7.46. The predicted molar refractivity (Wildman–Crippen MR) is 129 cm³/mol. The number of benzene rings is 3. The molecule has 2 nitrogen and oxygen atoms in total. The van der Waals surface area contributed by atoms with Gasteiger partial charge in [0, 0.05) is 5.57 Å². The van der Waals surface area contributed by atoms with Crippen molar-refractivity contribution < 1.29 is 9.53 Å². The summed E-state index contributed by atoms with van der Waals surface area (Å²) in [6.45, 7) is 11.4. The summed E-state index contributed by atoms with van der Waals surface area (Å²) < 4.78 is 4.99. The van der Waals surface area contributed by atoms with Crippen LogP contribution in [0.3, 0.4) is 0 Å². The van der Waals surface area contributed by atoms with E-state index in [0.717, 1.165) is 5.56 Å². The molecule has 0 heterocycles. The number of carbonyl (C=O) groups is 1. The fourth-order valence-corrected chi connectivity index (χ4v) is 3.56. The molecule has 0 fully saturated rings. The van der Waals surface area contributed by atoms with Crippen molar-refractivity contribution in [2.24, 2.45) is 0 Å². The molecule has 0 unspecified atom stereocenters. The molecule has 0 aromatic heterocycles. The van der Waals surface area contributed by atoms with Crippen molar-refractivity contribution in [2.75, 3.05) is 0 Å². The number of esters is 1. The van der Waals surface area contributed by atoms with Crippen molar-refractivity contribution in [1.29, 1.82) is 0 Å². The van der Waals surface area contributed by atoms with Crippen molar-refractivity contribution in [3.63, 3.8) is 0 Å². The van der Waals surface area contributed by atoms with Gasteiger partial charge in [-0.2, -0.15) is 0 Å². The van der Waals surface area contributed by atoms with E-state index in [0.29, 0.717) is 11.3 Å². The monoisotopic (exact) mass is 412 g/mol. The molecular formula is C29H32O2. The van der Waals surface area contributed by atoms with Crippen molar-refractivity contribution in [3.05, 3.63) is 112 Å². The molecule has 0 N–H and O–H groups in total. The van der Waals surface area contributed by atoms with Crippen LogP contribution in [-0.2, 0) is 30.5 Å². The van der Waals surface area contributed by atoms with E-state index in [9.17, 15) is 4.79 Å². The van der Waals surface area contributed by atoms with Gasteiger partial charge in [-0.15, -0.1) is 0 Å². The average Bonchev–Trinajstić information content (AvgIpc) is 2.69. The van der Waals surface area contributed by atoms with E-state index in [1.807, 2.05) is 19.1 Å². The van der Waals surface area contributed by atoms with Crippen LogP contribution in [0.5, 0.6) is 5.75 Å². The number of carbonyl (C=O) groups excluding carboxylic acids is 1. The third kappa shape index (κ3) is 6.18. The maximum atomic E-state index is 11.1. The zero-order valence-electron chi connectivity index (χ0n) is 19.1. The molecule has 2 aliphatic carbocycles. The summed E-state index contributed by atoms with van der Waals surface area (Å²) in [5.41, 5.74) is 10.7. The molecule has 3 aromatic rings. The summed E-state index contributed by atoms with van der Waals surface area (Å²) in [5.74, 6) is 0.169. The second-order valence-electron chi connectivity index (χ2n) is 8.47. The van der Waals surface area contributed by atoms with Crippen LogP contribution < -0.4 is 4.74 Å². The van der Waals surface area contributed by atoms with E-state index in [1.165, 1.54) is 36.8 Å². The number of hydrogen-bond acceptors (Lipinski definition) is 2. The zero-order chi connectivity index (χ0) is 22.4. The SMILES string of the molecule is C=C(C)C(=O)Oc1ccc(C)cc1.Cc1ccc2c(c1)CC2.Cc1cccc2c1CC2. The summed E-state index contributed by atoms with van der Waals surface area (Å²) in [5, 5.41) is 0. The summed E-state index contributed by atoms with van der Waals surface area (Å²) in [6.07, 6.45) is 5.21. The summed E-state index contributed by atoms with van der Waals surface area (Å²) >= 11 is 0. The topological polar surface area (TPSA) is 26.3 Å². The Morgan fingerprint density at radius 2 is 1.42 bits per heavy atom. The van der Waals surface area contributed by atoms with Gasteiger partial charge in [-0.1, -0.05) is 66.2 Å². The van der Waals surface area contributed by atoms with Gasteiger partial charge in [-0.25, -0.2) is 4.79 Å². The number of fused-ring (bicyclic) bond motifs is 2. The molecule has 0 saturated carbocycles. The molecule has 0 saturated heterocycles. The van der Waals surface area contributed by atoms with Crippen LogP contribution in [0.4, 0.5) is 0 Å². The highest BCUT2D eigenvalue weighted by Gasteiger charge is 2.13. The van der Waals surface area contributed by atoms with Crippen molar-refractivity contribution in [2.45, 2.75) is 53.4 Å². The van der Waals surface area contributed by atoms with E-state index < -0.39 is 0 Å². The van der Waals surface area contributed by atoms with Crippen LogP contribution in [0.1, 0.15) is 45.9 Å². The Balaban J connectivity index is 0.000000135. The summed E-state index contributed by atoms with van der Waals surface area (Å²) in [6, 6.07) is 20.6. The molecule has 31 heavy (non-hydrogen) atoms.